The van der Waals surface area contributed by atoms with E-state index in [1.54, 1.807) is 0 Å². The van der Waals surface area contributed by atoms with Gasteiger partial charge in [-0.05, 0) is 19.3 Å². The van der Waals surface area contributed by atoms with Crippen molar-refractivity contribution in [1.82, 2.24) is 5.32 Å². The quantitative estimate of drug-likeness (QED) is 0.624. The van der Waals surface area contributed by atoms with Crippen LogP contribution in [0.3, 0.4) is 0 Å². The Balaban J connectivity index is 3.95. The van der Waals surface area contributed by atoms with E-state index in [1.165, 1.54) is 5.57 Å². The van der Waals surface area contributed by atoms with Crippen molar-refractivity contribution in [3.8, 4) is 0 Å². The predicted octanol–water partition coefficient (Wildman–Crippen LogP) is 2.98. The molecule has 0 heterocycles. The smallest absolute Gasteiger partial charge is 0.0129 e. The van der Waals surface area contributed by atoms with Crippen molar-refractivity contribution in [1.29, 1.82) is 0 Å². The van der Waals surface area contributed by atoms with Gasteiger partial charge in [0, 0.05) is 12.1 Å². The summed E-state index contributed by atoms with van der Waals surface area (Å²) in [5.41, 5.74) is 1.27. The van der Waals surface area contributed by atoms with Crippen LogP contribution in [0.15, 0.2) is 12.2 Å². The highest BCUT2D eigenvalue weighted by Gasteiger charge is 2.13. The molecule has 0 rings (SSSR count). The van der Waals surface area contributed by atoms with E-state index in [0.29, 0.717) is 18.0 Å². The minimum absolute atomic E-state index is 0.566. The molecule has 1 N–H and O–H groups in total. The lowest BCUT2D eigenvalue weighted by atomic mass is 9.97. The summed E-state index contributed by atoms with van der Waals surface area (Å²) in [6.07, 6.45) is 1.09. The molecule has 0 amide bonds. The maximum absolute atomic E-state index is 3.94. The van der Waals surface area contributed by atoms with Crippen LogP contribution in [-0.2, 0) is 0 Å². The van der Waals surface area contributed by atoms with Crippen molar-refractivity contribution in [2.45, 2.75) is 53.1 Å². The molecule has 0 aliphatic rings. The Morgan fingerprint density at radius 3 is 2.00 bits per heavy atom. The van der Waals surface area contributed by atoms with Crippen LogP contribution >= 0.6 is 0 Å². The highest BCUT2D eigenvalue weighted by Crippen LogP contribution is 2.11. The summed E-state index contributed by atoms with van der Waals surface area (Å²) in [6.45, 7) is 14.9. The molecule has 0 saturated carbocycles. The zero-order chi connectivity index (χ0) is 9.72. The van der Waals surface area contributed by atoms with Crippen molar-refractivity contribution in [2.24, 2.45) is 5.92 Å². The van der Waals surface area contributed by atoms with Gasteiger partial charge in [-0.3, -0.25) is 0 Å². The minimum Gasteiger partial charge on any atom is -0.311 e. The second-order valence-electron chi connectivity index (χ2n) is 4.33. The van der Waals surface area contributed by atoms with Crippen LogP contribution < -0.4 is 5.32 Å². The fourth-order valence-electron chi connectivity index (χ4n) is 1.29. The first-order chi connectivity index (χ1) is 5.43. The van der Waals surface area contributed by atoms with Gasteiger partial charge in [0.05, 0.1) is 0 Å². The van der Waals surface area contributed by atoms with E-state index in [2.05, 4.69) is 46.5 Å². The maximum atomic E-state index is 3.94. The number of nitrogens with one attached hydrogen (secondary N) is 1. The largest absolute Gasteiger partial charge is 0.311 e. The molecule has 0 aromatic rings. The van der Waals surface area contributed by atoms with Gasteiger partial charge in [-0.25, -0.2) is 0 Å². The summed E-state index contributed by atoms with van der Waals surface area (Å²) in [5, 5.41) is 3.55. The molecule has 0 fully saturated rings. The van der Waals surface area contributed by atoms with Crippen LogP contribution in [0.1, 0.15) is 41.0 Å². The van der Waals surface area contributed by atoms with E-state index >= 15 is 0 Å². The van der Waals surface area contributed by atoms with Gasteiger partial charge in [0.2, 0.25) is 0 Å². The van der Waals surface area contributed by atoms with E-state index in [4.69, 9.17) is 0 Å². The predicted molar refractivity (Wildman–Crippen MR) is 56.3 cm³/mol. The molecule has 0 aliphatic heterocycles. The Kier molecular flexibility index (Phi) is 5.23. The maximum Gasteiger partial charge on any atom is 0.0129 e. The van der Waals surface area contributed by atoms with E-state index in [-0.39, 0.29) is 0 Å². The summed E-state index contributed by atoms with van der Waals surface area (Å²) in [7, 11) is 0. The molecular formula is C11H23N. The zero-order valence-electron chi connectivity index (χ0n) is 9.15. The average molecular weight is 169 g/mol. The van der Waals surface area contributed by atoms with Crippen molar-refractivity contribution >= 4 is 0 Å². The third-order valence-electron chi connectivity index (χ3n) is 1.92. The van der Waals surface area contributed by atoms with E-state index < -0.39 is 0 Å². The number of rotatable bonds is 5. The lowest BCUT2D eigenvalue weighted by Crippen LogP contribution is -2.38. The topological polar surface area (TPSA) is 12.0 Å². The number of hydrogen-bond donors (Lipinski definition) is 1. The first-order valence-electron chi connectivity index (χ1n) is 4.84. The molecule has 1 heteroatoms. The van der Waals surface area contributed by atoms with Crippen LogP contribution in [-0.4, -0.2) is 12.1 Å². The van der Waals surface area contributed by atoms with Crippen molar-refractivity contribution in [2.75, 3.05) is 0 Å². The molecule has 72 valence electrons. The normalized spacial score (nSPS) is 13.9. The van der Waals surface area contributed by atoms with Crippen LogP contribution in [0.4, 0.5) is 0 Å². The van der Waals surface area contributed by atoms with Crippen LogP contribution in [0.5, 0.6) is 0 Å². The van der Waals surface area contributed by atoms with Gasteiger partial charge in [0.25, 0.3) is 0 Å². The first-order valence-corrected chi connectivity index (χ1v) is 4.84. The SMILES string of the molecule is C=C(C)CC(NC(C)C)C(C)C. The highest BCUT2D eigenvalue weighted by atomic mass is 14.9. The van der Waals surface area contributed by atoms with Gasteiger partial charge in [-0.1, -0.05) is 33.3 Å². The molecule has 0 aliphatic carbocycles. The monoisotopic (exact) mass is 169 g/mol. The fourth-order valence-corrected chi connectivity index (χ4v) is 1.29. The molecule has 0 aromatic heterocycles. The van der Waals surface area contributed by atoms with Crippen LogP contribution in [0, 0.1) is 5.92 Å². The molecule has 0 bridgehead atoms. The van der Waals surface area contributed by atoms with Crippen molar-refractivity contribution in [3.63, 3.8) is 0 Å². The first kappa shape index (κ1) is 11.7. The summed E-state index contributed by atoms with van der Waals surface area (Å²) in [5.74, 6) is 0.684. The fraction of sp³-hybridized carbons (Fsp3) is 0.818. The molecule has 0 aromatic carbocycles. The third kappa shape index (κ3) is 5.36. The summed E-state index contributed by atoms with van der Waals surface area (Å²) in [6, 6.07) is 1.15. The van der Waals surface area contributed by atoms with Crippen LogP contribution in [0.2, 0.25) is 0 Å². The van der Waals surface area contributed by atoms with Crippen LogP contribution in [0.25, 0.3) is 0 Å². The lowest BCUT2D eigenvalue weighted by Gasteiger charge is -2.24. The molecule has 1 atom stereocenters. The van der Waals surface area contributed by atoms with E-state index in [0.717, 1.165) is 6.42 Å². The van der Waals surface area contributed by atoms with Crippen molar-refractivity contribution < 1.29 is 0 Å². The van der Waals surface area contributed by atoms with Gasteiger partial charge in [-0.2, -0.15) is 0 Å². The standard InChI is InChI=1S/C11H23N/c1-8(2)7-11(9(3)4)12-10(5)6/h9-12H,1,7H2,2-6H3. The third-order valence-corrected chi connectivity index (χ3v) is 1.92. The Morgan fingerprint density at radius 2 is 1.75 bits per heavy atom. The summed E-state index contributed by atoms with van der Waals surface area (Å²) < 4.78 is 0. The Morgan fingerprint density at radius 1 is 1.25 bits per heavy atom. The van der Waals surface area contributed by atoms with Gasteiger partial charge in [0.1, 0.15) is 0 Å². The van der Waals surface area contributed by atoms with Gasteiger partial charge in [-0.15, -0.1) is 6.58 Å². The lowest BCUT2D eigenvalue weighted by molar-refractivity contribution is 0.368. The second kappa shape index (κ2) is 5.36. The second-order valence-corrected chi connectivity index (χ2v) is 4.33. The minimum atomic E-state index is 0.566. The summed E-state index contributed by atoms with van der Waals surface area (Å²) >= 11 is 0. The Hall–Kier alpha value is -0.300. The van der Waals surface area contributed by atoms with Gasteiger partial charge < -0.3 is 5.32 Å². The van der Waals surface area contributed by atoms with E-state index in [9.17, 15) is 0 Å². The molecule has 0 saturated heterocycles. The Bertz CT molecular complexity index is 136. The Labute approximate surface area is 77.2 Å². The molecule has 0 radical (unpaired) electrons. The zero-order valence-corrected chi connectivity index (χ0v) is 9.15. The molecule has 0 spiro atoms. The van der Waals surface area contributed by atoms with Gasteiger partial charge in [0.15, 0.2) is 0 Å². The molecular weight excluding hydrogens is 146 g/mol. The van der Waals surface area contributed by atoms with Gasteiger partial charge >= 0.3 is 0 Å². The number of hydrogen-bond acceptors (Lipinski definition) is 1. The average Bonchev–Trinajstić information content (AvgIpc) is 1.83. The van der Waals surface area contributed by atoms with Crippen molar-refractivity contribution in [3.05, 3.63) is 12.2 Å². The molecule has 1 unspecified atom stereocenters. The van der Waals surface area contributed by atoms with E-state index in [1.807, 2.05) is 0 Å². The highest BCUT2D eigenvalue weighted by molar-refractivity contribution is 4.94. The molecule has 1 nitrogen and oxygen atoms in total. The molecule has 12 heavy (non-hydrogen) atoms. The summed E-state index contributed by atoms with van der Waals surface area (Å²) in [4.78, 5) is 0.